The lowest BCUT2D eigenvalue weighted by Crippen LogP contribution is -2.58. The number of piperazine rings is 2. The first-order valence-electron chi connectivity index (χ1n) is 21.1. The standard InChI is InChI=1S/C25H34N4O6S.C20H26N4O4S.ClH/c1-18-8-7-9-22(14-18)29(17-21-11-10-20(15-26-21)23(30)34-6)36(32,33)27-12-13-28(19(2)16-27)24(31)35-25(3,4)5;1-15-5-4-6-19(11-15)24(29(26,27)23-10-9-21-16(2)13-23)14-18-8-7-17(12-22-18)20(25)28-3;/h7-11,14-15,19H,12-13,16-17H2,1-6H3;4-8,11-12,16,21H,9-10,13-14H2,1-3H3;1H/t19-;16-;/m11./s1. The molecule has 18 nitrogen and oxygen atoms in total. The highest BCUT2D eigenvalue weighted by atomic mass is 35.5. The van der Waals surface area contributed by atoms with Crippen LogP contribution in [0.15, 0.2) is 85.2 Å². The number of pyridine rings is 2. The topological polar surface area (TPSA) is 201 Å². The van der Waals surface area contributed by atoms with Crippen LogP contribution in [-0.4, -0.2) is 130 Å². The quantitative estimate of drug-likeness (QED) is 0.138. The molecule has 2 aliphatic heterocycles. The fraction of sp³-hybridized carbons (Fsp3) is 0.444. The van der Waals surface area contributed by atoms with Gasteiger partial charge in [-0.1, -0.05) is 24.3 Å². The van der Waals surface area contributed by atoms with Crippen LogP contribution >= 0.6 is 12.4 Å². The van der Waals surface area contributed by atoms with Crippen LogP contribution in [-0.2, 0) is 47.7 Å². The number of halogens is 1. The predicted octanol–water partition coefficient (Wildman–Crippen LogP) is 5.51. The maximum absolute atomic E-state index is 13.9. The monoisotopic (exact) mass is 972 g/mol. The number of benzene rings is 2. The molecule has 0 radical (unpaired) electrons. The minimum Gasteiger partial charge on any atom is -0.465 e. The van der Waals surface area contributed by atoms with Crippen LogP contribution in [0.5, 0.6) is 0 Å². The summed E-state index contributed by atoms with van der Waals surface area (Å²) in [5.74, 6) is -1.00. The van der Waals surface area contributed by atoms with Gasteiger partial charge in [-0.05, 0) is 108 Å². The second kappa shape index (κ2) is 22.9. The average Bonchev–Trinajstić information content (AvgIpc) is 3.26. The van der Waals surface area contributed by atoms with Crippen molar-refractivity contribution in [1.29, 1.82) is 0 Å². The number of hydrogen-bond donors (Lipinski definition) is 1. The van der Waals surface area contributed by atoms with Crippen molar-refractivity contribution in [1.82, 2.24) is 28.8 Å². The Morgan fingerprint density at radius 3 is 1.56 bits per heavy atom. The molecular formula is C45H61ClN8O10S2. The van der Waals surface area contributed by atoms with Gasteiger partial charge in [0.2, 0.25) is 0 Å². The van der Waals surface area contributed by atoms with Gasteiger partial charge in [0.1, 0.15) is 5.60 Å². The van der Waals surface area contributed by atoms with Gasteiger partial charge in [-0.3, -0.25) is 18.6 Å². The third-order valence-electron chi connectivity index (χ3n) is 10.4. The predicted molar refractivity (Wildman–Crippen MR) is 254 cm³/mol. The van der Waals surface area contributed by atoms with E-state index in [0.29, 0.717) is 48.0 Å². The van der Waals surface area contributed by atoms with E-state index in [4.69, 9.17) is 9.47 Å². The number of hydrogen-bond acceptors (Lipinski definition) is 13. The number of amides is 1. The second-order valence-electron chi connectivity index (χ2n) is 16.9. The van der Waals surface area contributed by atoms with E-state index in [1.807, 2.05) is 45.0 Å². The summed E-state index contributed by atoms with van der Waals surface area (Å²) in [6.45, 7) is 14.9. The van der Waals surface area contributed by atoms with Gasteiger partial charge in [-0.15, -0.1) is 12.4 Å². The molecule has 4 aromatic rings. The Balaban J connectivity index is 0.000000290. The van der Waals surface area contributed by atoms with Crippen LogP contribution in [0.25, 0.3) is 0 Å². The van der Waals surface area contributed by atoms with Crippen molar-refractivity contribution in [2.45, 2.75) is 79.2 Å². The number of esters is 2. The van der Waals surface area contributed by atoms with Crippen LogP contribution < -0.4 is 13.9 Å². The first kappa shape index (κ1) is 53.2. The molecule has 2 aliphatic rings. The van der Waals surface area contributed by atoms with Gasteiger partial charge >= 0.3 is 38.5 Å². The van der Waals surface area contributed by atoms with E-state index in [1.165, 1.54) is 43.8 Å². The van der Waals surface area contributed by atoms with Gasteiger partial charge in [0, 0.05) is 63.7 Å². The maximum atomic E-state index is 13.9. The fourth-order valence-electron chi connectivity index (χ4n) is 7.10. The molecule has 2 saturated heterocycles. The Bertz CT molecular complexity index is 2510. The second-order valence-corrected chi connectivity index (χ2v) is 20.6. The summed E-state index contributed by atoms with van der Waals surface area (Å²) in [4.78, 5) is 46.1. The van der Waals surface area contributed by atoms with Gasteiger partial charge in [0.25, 0.3) is 0 Å². The summed E-state index contributed by atoms with van der Waals surface area (Å²) in [7, 11) is -5.16. The molecule has 4 heterocycles. The lowest BCUT2D eigenvalue weighted by molar-refractivity contribution is 0.00853. The Hall–Kier alpha value is -5.38. The summed E-state index contributed by atoms with van der Waals surface area (Å²) < 4.78 is 75.2. The Labute approximate surface area is 395 Å². The van der Waals surface area contributed by atoms with E-state index in [9.17, 15) is 31.2 Å². The van der Waals surface area contributed by atoms with E-state index in [-0.39, 0.29) is 62.8 Å². The fourth-order valence-corrected chi connectivity index (χ4v) is 10.5. The largest absolute Gasteiger partial charge is 0.465 e. The number of carbonyl (C=O) groups excluding carboxylic acids is 3. The van der Waals surface area contributed by atoms with E-state index < -0.39 is 44.1 Å². The molecule has 2 atom stereocenters. The molecule has 21 heteroatoms. The zero-order chi connectivity index (χ0) is 47.7. The summed E-state index contributed by atoms with van der Waals surface area (Å²) in [5, 5.41) is 3.26. The molecule has 2 aromatic heterocycles. The van der Waals surface area contributed by atoms with E-state index in [1.54, 1.807) is 81.1 Å². The van der Waals surface area contributed by atoms with Gasteiger partial charge in [0.05, 0.1) is 61.2 Å². The lowest BCUT2D eigenvalue weighted by Gasteiger charge is -2.41. The summed E-state index contributed by atoms with van der Waals surface area (Å²) in [6, 6.07) is 20.7. The number of nitrogens with zero attached hydrogens (tertiary/aromatic N) is 7. The van der Waals surface area contributed by atoms with Crippen molar-refractivity contribution in [2.75, 3.05) is 62.1 Å². The van der Waals surface area contributed by atoms with Crippen molar-refractivity contribution in [2.24, 2.45) is 0 Å². The molecule has 0 saturated carbocycles. The van der Waals surface area contributed by atoms with Crippen molar-refractivity contribution in [3.05, 3.63) is 119 Å². The van der Waals surface area contributed by atoms with Gasteiger partial charge in [0.15, 0.2) is 0 Å². The lowest BCUT2D eigenvalue weighted by atomic mass is 10.2. The maximum Gasteiger partial charge on any atom is 0.410 e. The molecule has 2 aromatic carbocycles. The summed E-state index contributed by atoms with van der Waals surface area (Å²) in [5.41, 5.74) is 3.90. The minimum atomic E-state index is -3.98. The molecule has 0 bridgehead atoms. The highest BCUT2D eigenvalue weighted by Gasteiger charge is 2.39. The summed E-state index contributed by atoms with van der Waals surface area (Å²) >= 11 is 0. The average molecular weight is 974 g/mol. The Morgan fingerprint density at radius 1 is 0.712 bits per heavy atom. The van der Waals surface area contributed by atoms with E-state index in [2.05, 4.69) is 20.0 Å². The molecule has 360 valence electrons. The zero-order valence-corrected chi connectivity index (χ0v) is 41.3. The number of nitrogens with one attached hydrogen (secondary N) is 1. The van der Waals surface area contributed by atoms with Crippen molar-refractivity contribution in [3.63, 3.8) is 0 Å². The molecule has 0 aliphatic carbocycles. The highest BCUT2D eigenvalue weighted by Crippen LogP contribution is 2.28. The number of methoxy groups -OCH3 is 2. The van der Waals surface area contributed by atoms with Crippen molar-refractivity contribution >= 4 is 62.2 Å². The van der Waals surface area contributed by atoms with Crippen LogP contribution in [0.4, 0.5) is 16.2 Å². The molecular weight excluding hydrogens is 912 g/mol. The van der Waals surface area contributed by atoms with Gasteiger partial charge in [-0.2, -0.15) is 25.4 Å². The van der Waals surface area contributed by atoms with Crippen LogP contribution in [0, 0.1) is 13.8 Å². The molecule has 0 spiro atoms. The summed E-state index contributed by atoms with van der Waals surface area (Å²) in [6.07, 6.45) is 2.30. The number of carbonyl (C=O) groups is 3. The normalized spacial score (nSPS) is 17.0. The van der Waals surface area contributed by atoms with E-state index in [0.717, 1.165) is 11.1 Å². The first-order chi connectivity index (χ1) is 30.6. The third kappa shape index (κ3) is 13.8. The van der Waals surface area contributed by atoms with Crippen molar-refractivity contribution < 1.29 is 45.4 Å². The zero-order valence-electron chi connectivity index (χ0n) is 38.8. The highest BCUT2D eigenvalue weighted by molar-refractivity contribution is 7.90. The molecule has 1 N–H and O–H groups in total. The molecule has 0 unspecified atom stereocenters. The van der Waals surface area contributed by atoms with Crippen LogP contribution in [0.1, 0.15) is 77.8 Å². The number of rotatable bonds is 12. The number of aryl methyl sites for hydroxylation is 2. The van der Waals surface area contributed by atoms with E-state index >= 15 is 0 Å². The Morgan fingerprint density at radius 2 is 1.18 bits per heavy atom. The van der Waals surface area contributed by atoms with Crippen molar-refractivity contribution in [3.8, 4) is 0 Å². The number of anilines is 2. The smallest absolute Gasteiger partial charge is 0.410 e. The third-order valence-corrected chi connectivity index (χ3v) is 14.2. The number of aromatic nitrogens is 2. The molecule has 6 rings (SSSR count). The van der Waals surface area contributed by atoms with Gasteiger partial charge < -0.3 is 24.4 Å². The molecule has 66 heavy (non-hydrogen) atoms. The first-order valence-corrected chi connectivity index (χ1v) is 23.9. The number of ether oxygens (including phenoxy) is 3. The molecule has 1 amide bonds. The van der Waals surface area contributed by atoms with Gasteiger partial charge in [-0.25, -0.2) is 14.4 Å². The molecule has 2 fully saturated rings. The minimum absolute atomic E-state index is 0. The van der Waals surface area contributed by atoms with Crippen LogP contribution in [0.2, 0.25) is 0 Å². The SMILES string of the molecule is COC(=O)c1ccc(CN(c2cccc(C)c2)S(=O)(=O)N2CCN(C(=O)OC(C)(C)C)[C@H](C)C2)nc1.COC(=O)c1ccc(CN(c2cccc(C)c2)S(=O)(=O)N2CCN[C@H](C)C2)nc1.Cl. The van der Waals surface area contributed by atoms with Crippen LogP contribution in [0.3, 0.4) is 0 Å². The Kier molecular flexibility index (Phi) is 18.5.